The molecule has 0 aliphatic heterocycles. The maximum Gasteiger partial charge on any atom is 0.238 e. The summed E-state index contributed by atoms with van der Waals surface area (Å²) in [4.78, 5) is 0.120. The average molecular weight is 557 g/mol. The van der Waals surface area contributed by atoms with Gasteiger partial charge in [-0.3, -0.25) is 0 Å². The molecule has 200 valence electrons. The lowest BCUT2D eigenvalue weighted by molar-refractivity contribution is -2.00. The van der Waals surface area contributed by atoms with E-state index in [-0.39, 0.29) is 10.3 Å². The maximum absolute atomic E-state index is 11.7. The fraction of sp³-hybridized carbons (Fsp3) is 0.179. The monoisotopic (exact) mass is 556 g/mol. The molecule has 2 N–H and O–H groups in total. The highest BCUT2D eigenvalue weighted by Gasteiger charge is 2.30. The lowest BCUT2D eigenvalue weighted by Crippen LogP contribution is -2.68. The Balaban J connectivity index is 0.000000732. The number of halogens is 1. The van der Waals surface area contributed by atoms with Gasteiger partial charge in [0, 0.05) is 28.7 Å². The predicted molar refractivity (Wildman–Crippen MR) is 133 cm³/mol. The largest absolute Gasteiger partial charge is 0.238 e. The zero-order chi connectivity index (χ0) is 28.1. The highest BCUT2D eigenvalue weighted by molar-refractivity contribution is 7.89. The molecule has 4 aromatic rings. The molecule has 1 heterocycles. The van der Waals surface area contributed by atoms with Crippen molar-refractivity contribution in [2.24, 2.45) is 5.14 Å². The predicted octanol–water partition coefficient (Wildman–Crippen LogP) is 0.545. The van der Waals surface area contributed by atoms with Crippen molar-refractivity contribution in [3.8, 4) is 22.4 Å². The van der Waals surface area contributed by atoms with Crippen molar-refractivity contribution >= 4 is 10.0 Å². The molecule has 0 saturated heterocycles. The SMILES string of the molecule is CC(C)(C)c1cc(-c2ccccc2)cc(-c2ccccc2)[n+]1Cc1ccc(S(N)(=O)=O)cc1.[O-][Cl+3]([O-])([O-])[O-]. The van der Waals surface area contributed by atoms with E-state index in [0.29, 0.717) is 6.54 Å². The van der Waals surface area contributed by atoms with Gasteiger partial charge in [-0.25, -0.2) is 32.2 Å². The van der Waals surface area contributed by atoms with Crippen LogP contribution >= 0.6 is 0 Å². The Hall–Kier alpha value is -3.15. The number of hydrogen-bond donors (Lipinski definition) is 1. The smallest absolute Gasteiger partial charge is 0.225 e. The number of pyridine rings is 1. The standard InChI is InChI=1S/C28H29N2O2S.ClHO4/c1-28(2,3)27-19-24(22-10-6-4-7-11-22)18-26(23-12-8-5-9-13-23)30(27)20-21-14-16-25(17-15-21)33(29,31)32;2-1(3,4)5/h4-19H,20H2,1-3H3,(H2,29,31,32);(H,2,3,4,5)/q+1;/p-1. The number of benzene rings is 3. The molecule has 0 atom stereocenters. The summed E-state index contributed by atoms with van der Waals surface area (Å²) in [5, 5.41) is 5.28. The van der Waals surface area contributed by atoms with Crippen LogP contribution in [0, 0.1) is 10.2 Å². The van der Waals surface area contributed by atoms with Gasteiger partial charge in [-0.05, 0) is 35.4 Å². The van der Waals surface area contributed by atoms with Gasteiger partial charge in [0.05, 0.1) is 4.90 Å². The van der Waals surface area contributed by atoms with E-state index in [1.54, 1.807) is 12.1 Å². The molecule has 4 rings (SSSR count). The molecule has 0 bridgehead atoms. The molecule has 0 aliphatic rings. The zero-order valence-electron chi connectivity index (χ0n) is 21.2. The molecule has 0 unspecified atom stereocenters. The number of hydrogen-bond acceptors (Lipinski definition) is 6. The van der Waals surface area contributed by atoms with Crippen molar-refractivity contribution in [1.82, 2.24) is 0 Å². The van der Waals surface area contributed by atoms with Crippen LogP contribution in [-0.4, -0.2) is 8.42 Å². The van der Waals surface area contributed by atoms with E-state index < -0.39 is 20.3 Å². The molecule has 0 fully saturated rings. The van der Waals surface area contributed by atoms with Crippen molar-refractivity contribution in [1.29, 1.82) is 0 Å². The first-order valence-electron chi connectivity index (χ1n) is 11.6. The second kappa shape index (κ2) is 11.7. The molecule has 38 heavy (non-hydrogen) atoms. The van der Waals surface area contributed by atoms with Crippen LogP contribution in [0.25, 0.3) is 22.4 Å². The number of primary sulfonamides is 1. The van der Waals surface area contributed by atoms with Crippen LogP contribution in [0.3, 0.4) is 0 Å². The molecule has 1 aromatic heterocycles. The minimum absolute atomic E-state index is 0.116. The van der Waals surface area contributed by atoms with Crippen LogP contribution in [0.15, 0.2) is 102 Å². The zero-order valence-corrected chi connectivity index (χ0v) is 22.8. The van der Waals surface area contributed by atoms with Crippen LogP contribution in [0.1, 0.15) is 32.0 Å². The van der Waals surface area contributed by atoms with E-state index in [1.165, 1.54) is 16.8 Å². The third-order valence-electron chi connectivity index (χ3n) is 5.70. The van der Waals surface area contributed by atoms with Gasteiger partial charge in [0.2, 0.25) is 15.7 Å². The van der Waals surface area contributed by atoms with Crippen LogP contribution in [0.2, 0.25) is 0 Å². The van der Waals surface area contributed by atoms with Gasteiger partial charge < -0.3 is 0 Å². The summed E-state index contributed by atoms with van der Waals surface area (Å²) in [5.41, 5.74) is 6.65. The van der Waals surface area contributed by atoms with Gasteiger partial charge in [0.25, 0.3) is 0 Å². The highest BCUT2D eigenvalue weighted by Crippen LogP contribution is 2.30. The lowest BCUT2D eigenvalue weighted by Gasteiger charge is -2.21. The Morgan fingerprint density at radius 1 is 0.737 bits per heavy atom. The van der Waals surface area contributed by atoms with Crippen molar-refractivity contribution in [3.63, 3.8) is 0 Å². The third kappa shape index (κ3) is 8.44. The fourth-order valence-corrected chi connectivity index (χ4v) is 4.54. The number of nitrogens with zero attached hydrogens (tertiary/aromatic N) is 1. The van der Waals surface area contributed by atoms with Crippen molar-refractivity contribution < 1.29 is 41.9 Å². The molecule has 3 aromatic carbocycles. The topological polar surface area (TPSA) is 156 Å². The molecule has 0 saturated carbocycles. The summed E-state index contributed by atoms with van der Waals surface area (Å²) >= 11 is 0. The molecule has 0 spiro atoms. The van der Waals surface area contributed by atoms with E-state index in [4.69, 9.17) is 23.8 Å². The van der Waals surface area contributed by atoms with Crippen LogP contribution in [0.5, 0.6) is 0 Å². The van der Waals surface area contributed by atoms with E-state index >= 15 is 0 Å². The minimum atomic E-state index is -4.94. The summed E-state index contributed by atoms with van der Waals surface area (Å²) in [6, 6.07) is 32.1. The lowest BCUT2D eigenvalue weighted by atomic mass is 9.88. The molecule has 0 radical (unpaired) electrons. The van der Waals surface area contributed by atoms with Gasteiger partial charge >= 0.3 is 0 Å². The van der Waals surface area contributed by atoms with Gasteiger partial charge in [-0.2, -0.15) is 4.57 Å². The summed E-state index contributed by atoms with van der Waals surface area (Å²) in [6.45, 7) is 7.25. The van der Waals surface area contributed by atoms with E-state index in [2.05, 4.69) is 73.9 Å². The average Bonchev–Trinajstić information content (AvgIpc) is 2.83. The van der Waals surface area contributed by atoms with Crippen LogP contribution in [-0.2, 0) is 22.0 Å². The molecule has 8 nitrogen and oxygen atoms in total. The number of nitrogens with two attached hydrogens (primary N) is 1. The third-order valence-corrected chi connectivity index (χ3v) is 6.63. The summed E-state index contributed by atoms with van der Waals surface area (Å²) in [7, 11) is -8.66. The van der Waals surface area contributed by atoms with Gasteiger partial charge in [-0.1, -0.05) is 81.4 Å². The van der Waals surface area contributed by atoms with Crippen molar-refractivity contribution in [2.75, 3.05) is 0 Å². The number of sulfonamides is 1. The van der Waals surface area contributed by atoms with Gasteiger partial charge in [0.1, 0.15) is 0 Å². The Labute approximate surface area is 225 Å². The number of rotatable bonds is 5. The molecule has 0 aliphatic carbocycles. The van der Waals surface area contributed by atoms with E-state index in [9.17, 15) is 8.42 Å². The molecular weight excluding hydrogens is 528 g/mol. The highest BCUT2D eigenvalue weighted by atomic mass is 35.7. The molecule has 0 amide bonds. The van der Waals surface area contributed by atoms with E-state index in [0.717, 1.165) is 16.8 Å². The minimum Gasteiger partial charge on any atom is -0.225 e. The van der Waals surface area contributed by atoms with Crippen LogP contribution < -0.4 is 28.3 Å². The van der Waals surface area contributed by atoms with Gasteiger partial charge in [-0.15, -0.1) is 10.2 Å². The molecular formula is C28H29ClN2O6S. The molecule has 10 heteroatoms. The second-order valence-corrected chi connectivity index (χ2v) is 12.0. The van der Waals surface area contributed by atoms with Gasteiger partial charge in [0.15, 0.2) is 12.2 Å². The maximum atomic E-state index is 11.7. The van der Waals surface area contributed by atoms with Crippen molar-refractivity contribution in [2.45, 2.75) is 37.6 Å². The van der Waals surface area contributed by atoms with Crippen molar-refractivity contribution in [3.05, 3.63) is 108 Å². The summed E-state index contributed by atoms with van der Waals surface area (Å²) in [6.07, 6.45) is 0. The first kappa shape index (κ1) is 29.4. The quantitative estimate of drug-likeness (QED) is 0.354. The fourth-order valence-electron chi connectivity index (χ4n) is 4.03. The summed E-state index contributed by atoms with van der Waals surface area (Å²) in [5.74, 6) is 0. The van der Waals surface area contributed by atoms with E-state index in [1.807, 2.05) is 36.4 Å². The first-order valence-corrected chi connectivity index (χ1v) is 14.3. The van der Waals surface area contributed by atoms with Crippen LogP contribution in [0.4, 0.5) is 0 Å². The summed E-state index contributed by atoms with van der Waals surface area (Å²) < 4.78 is 59.6. The number of aromatic nitrogens is 1. The Kier molecular flexibility index (Phi) is 9.06. The Morgan fingerprint density at radius 2 is 1.21 bits per heavy atom. The normalized spacial score (nSPS) is 12.0. The second-order valence-electron chi connectivity index (χ2n) is 9.65. The first-order chi connectivity index (χ1) is 17.6. The Bertz CT molecular complexity index is 1460. The Morgan fingerprint density at radius 3 is 1.66 bits per heavy atom.